The highest BCUT2D eigenvalue weighted by atomic mass is 16.1. The third-order valence-electron chi connectivity index (χ3n) is 1.67. The molecule has 1 rings (SSSR count). The minimum absolute atomic E-state index is 0.0931. The summed E-state index contributed by atoms with van der Waals surface area (Å²) >= 11 is 0. The zero-order chi connectivity index (χ0) is 10.6. The molecule has 0 atom stereocenters. The van der Waals surface area contributed by atoms with Crippen LogP contribution in [0.25, 0.3) is 0 Å². The van der Waals surface area contributed by atoms with Crippen molar-refractivity contribution in [1.29, 1.82) is 0 Å². The molecule has 0 amide bonds. The van der Waals surface area contributed by atoms with Gasteiger partial charge in [-0.05, 0) is 37.6 Å². The van der Waals surface area contributed by atoms with E-state index in [2.05, 4.69) is 4.98 Å². The third-order valence-corrected chi connectivity index (χ3v) is 1.67. The number of rotatable bonds is 3. The van der Waals surface area contributed by atoms with Crippen LogP contribution < -0.4 is 5.73 Å². The molecule has 2 N–H and O–H groups in total. The number of nitrogens with two attached hydrogens (primary N) is 1. The molecule has 0 bridgehead atoms. The van der Waals surface area contributed by atoms with E-state index < -0.39 is 0 Å². The molecule has 1 aromatic heterocycles. The molecule has 0 aliphatic rings. The van der Waals surface area contributed by atoms with Gasteiger partial charge in [0.05, 0.1) is 0 Å². The van der Waals surface area contributed by atoms with Crippen LogP contribution >= 0.6 is 0 Å². The molecule has 0 fully saturated rings. The van der Waals surface area contributed by atoms with Crippen LogP contribution in [0, 0.1) is 0 Å². The van der Waals surface area contributed by atoms with Gasteiger partial charge in [-0.15, -0.1) is 0 Å². The van der Waals surface area contributed by atoms with Gasteiger partial charge in [-0.2, -0.15) is 0 Å². The molecule has 14 heavy (non-hydrogen) atoms. The van der Waals surface area contributed by atoms with E-state index in [4.69, 9.17) is 5.73 Å². The number of ketones is 1. The summed E-state index contributed by atoms with van der Waals surface area (Å²) in [6.07, 6.45) is 3.63. The van der Waals surface area contributed by atoms with Crippen LogP contribution in [0.2, 0.25) is 0 Å². The second-order valence-electron chi connectivity index (χ2n) is 3.45. The van der Waals surface area contributed by atoms with Gasteiger partial charge in [0.15, 0.2) is 5.78 Å². The van der Waals surface area contributed by atoms with Gasteiger partial charge in [-0.25, -0.2) is 4.98 Å². The predicted molar refractivity (Wildman–Crippen MR) is 56.8 cm³/mol. The molecule has 1 aromatic rings. The van der Waals surface area contributed by atoms with Crippen molar-refractivity contribution < 1.29 is 4.79 Å². The van der Waals surface area contributed by atoms with Gasteiger partial charge in [0, 0.05) is 12.6 Å². The Morgan fingerprint density at radius 1 is 1.57 bits per heavy atom. The molecule has 0 radical (unpaired) electrons. The zero-order valence-corrected chi connectivity index (χ0v) is 8.45. The van der Waals surface area contributed by atoms with Crippen LogP contribution in [0.1, 0.15) is 19.4 Å². The summed E-state index contributed by atoms with van der Waals surface area (Å²) in [4.78, 5) is 15.3. The van der Waals surface area contributed by atoms with E-state index in [1.54, 1.807) is 24.4 Å². The van der Waals surface area contributed by atoms with E-state index >= 15 is 0 Å². The molecule has 0 saturated heterocycles. The van der Waals surface area contributed by atoms with Crippen LogP contribution in [-0.2, 0) is 11.2 Å². The Bertz CT molecular complexity index is 365. The summed E-state index contributed by atoms with van der Waals surface area (Å²) in [5, 5.41) is 0. The van der Waals surface area contributed by atoms with Crippen molar-refractivity contribution in [1.82, 2.24) is 4.98 Å². The largest absolute Gasteiger partial charge is 0.384 e. The molecule has 3 nitrogen and oxygen atoms in total. The SMILES string of the molecule is CC(C)=CC(=O)Cc1ccnc(N)c1. The van der Waals surface area contributed by atoms with E-state index in [0.29, 0.717) is 12.2 Å². The Kier molecular flexibility index (Phi) is 3.40. The van der Waals surface area contributed by atoms with Gasteiger partial charge in [0.2, 0.25) is 0 Å². The van der Waals surface area contributed by atoms with E-state index in [-0.39, 0.29) is 5.78 Å². The minimum atomic E-state index is 0.0931. The number of nitrogen functional groups attached to an aromatic ring is 1. The lowest BCUT2D eigenvalue weighted by atomic mass is 10.1. The first kappa shape index (κ1) is 10.4. The molecule has 0 aliphatic heterocycles. The summed E-state index contributed by atoms with van der Waals surface area (Å²) in [6, 6.07) is 3.52. The quantitative estimate of drug-likeness (QED) is 0.738. The molecule has 0 aliphatic carbocycles. The van der Waals surface area contributed by atoms with Crippen molar-refractivity contribution in [3.63, 3.8) is 0 Å². The second kappa shape index (κ2) is 4.56. The summed E-state index contributed by atoms with van der Waals surface area (Å²) in [5.74, 6) is 0.545. The van der Waals surface area contributed by atoms with Gasteiger partial charge in [-0.1, -0.05) is 5.57 Å². The summed E-state index contributed by atoms with van der Waals surface area (Å²) < 4.78 is 0. The maximum Gasteiger partial charge on any atom is 0.159 e. The van der Waals surface area contributed by atoms with Gasteiger partial charge in [-0.3, -0.25) is 4.79 Å². The first-order valence-electron chi connectivity index (χ1n) is 4.46. The fourth-order valence-electron chi connectivity index (χ4n) is 1.18. The van der Waals surface area contributed by atoms with Gasteiger partial charge in [0.25, 0.3) is 0 Å². The monoisotopic (exact) mass is 190 g/mol. The Balaban J connectivity index is 2.70. The zero-order valence-electron chi connectivity index (χ0n) is 8.45. The summed E-state index contributed by atoms with van der Waals surface area (Å²) in [5.41, 5.74) is 7.41. The van der Waals surface area contributed by atoms with Crippen molar-refractivity contribution in [2.24, 2.45) is 0 Å². The maximum atomic E-state index is 11.4. The van der Waals surface area contributed by atoms with Crippen LogP contribution in [0.15, 0.2) is 30.0 Å². The second-order valence-corrected chi connectivity index (χ2v) is 3.45. The average Bonchev–Trinajstić information content (AvgIpc) is 2.01. The first-order chi connectivity index (χ1) is 6.58. The molecule has 0 spiro atoms. The normalized spacial score (nSPS) is 9.57. The van der Waals surface area contributed by atoms with Gasteiger partial charge in [0.1, 0.15) is 5.82 Å². The average molecular weight is 190 g/mol. The van der Waals surface area contributed by atoms with E-state index in [9.17, 15) is 4.79 Å². The molecule has 0 unspecified atom stereocenters. The lowest BCUT2D eigenvalue weighted by Crippen LogP contribution is -2.00. The minimum Gasteiger partial charge on any atom is -0.384 e. The third kappa shape index (κ3) is 3.39. The fraction of sp³-hybridized carbons (Fsp3) is 0.273. The van der Waals surface area contributed by atoms with Crippen LogP contribution in [0.4, 0.5) is 5.82 Å². The summed E-state index contributed by atoms with van der Waals surface area (Å²) in [6.45, 7) is 3.80. The van der Waals surface area contributed by atoms with Gasteiger partial charge >= 0.3 is 0 Å². The van der Waals surface area contributed by atoms with Crippen LogP contribution in [0.3, 0.4) is 0 Å². The predicted octanol–water partition coefficient (Wildman–Crippen LogP) is 1.74. The molecular weight excluding hydrogens is 176 g/mol. The first-order valence-corrected chi connectivity index (χ1v) is 4.46. The highest BCUT2D eigenvalue weighted by Crippen LogP contribution is 2.05. The van der Waals surface area contributed by atoms with Crippen LogP contribution in [0.5, 0.6) is 0 Å². The van der Waals surface area contributed by atoms with Crippen molar-refractivity contribution in [2.45, 2.75) is 20.3 Å². The molecule has 3 heteroatoms. The molecule has 0 saturated carbocycles. The molecule has 1 heterocycles. The fourth-order valence-corrected chi connectivity index (χ4v) is 1.18. The summed E-state index contributed by atoms with van der Waals surface area (Å²) in [7, 11) is 0. The number of carbonyl (C=O) groups is 1. The van der Waals surface area contributed by atoms with Crippen molar-refractivity contribution >= 4 is 11.6 Å². The number of nitrogens with zero attached hydrogens (tertiary/aromatic N) is 1. The number of aromatic nitrogens is 1. The number of allylic oxidation sites excluding steroid dienone is 2. The number of hydrogen-bond donors (Lipinski definition) is 1. The highest BCUT2D eigenvalue weighted by molar-refractivity contribution is 5.91. The van der Waals surface area contributed by atoms with Crippen molar-refractivity contribution in [2.75, 3.05) is 5.73 Å². The molecule has 0 aromatic carbocycles. The van der Waals surface area contributed by atoms with Crippen LogP contribution in [-0.4, -0.2) is 10.8 Å². The Labute approximate surface area is 83.7 Å². The number of pyridine rings is 1. The topological polar surface area (TPSA) is 56.0 Å². The molecular formula is C11H14N2O. The molecule has 74 valence electrons. The highest BCUT2D eigenvalue weighted by Gasteiger charge is 2.00. The Morgan fingerprint density at radius 3 is 2.86 bits per heavy atom. The maximum absolute atomic E-state index is 11.4. The number of carbonyl (C=O) groups excluding carboxylic acids is 1. The number of hydrogen-bond acceptors (Lipinski definition) is 3. The number of anilines is 1. The van der Waals surface area contributed by atoms with Crippen molar-refractivity contribution in [3.8, 4) is 0 Å². The van der Waals surface area contributed by atoms with E-state index in [1.165, 1.54) is 0 Å². The van der Waals surface area contributed by atoms with Crippen molar-refractivity contribution in [3.05, 3.63) is 35.5 Å². The lowest BCUT2D eigenvalue weighted by Gasteiger charge is -1.98. The lowest BCUT2D eigenvalue weighted by molar-refractivity contribution is -0.114. The Hall–Kier alpha value is -1.64. The Morgan fingerprint density at radius 2 is 2.29 bits per heavy atom. The van der Waals surface area contributed by atoms with E-state index in [0.717, 1.165) is 11.1 Å². The smallest absolute Gasteiger partial charge is 0.159 e. The van der Waals surface area contributed by atoms with E-state index in [1.807, 2.05) is 13.8 Å². The van der Waals surface area contributed by atoms with Gasteiger partial charge < -0.3 is 5.73 Å². The standard InChI is InChI=1S/C11H14N2O/c1-8(2)5-10(14)6-9-3-4-13-11(12)7-9/h3-5,7H,6H2,1-2H3,(H2,12,13).